The minimum Gasteiger partial charge on any atom is -0.489 e. The monoisotopic (exact) mass is 281 g/mol. The van der Waals surface area contributed by atoms with Crippen molar-refractivity contribution in [1.29, 1.82) is 0 Å². The molecule has 0 atom stereocenters. The van der Waals surface area contributed by atoms with Gasteiger partial charge in [0.15, 0.2) is 0 Å². The van der Waals surface area contributed by atoms with Gasteiger partial charge in [-0.15, -0.1) is 0 Å². The summed E-state index contributed by atoms with van der Waals surface area (Å²) in [5.74, 6) is 1.47. The summed E-state index contributed by atoms with van der Waals surface area (Å²) < 4.78 is 5.67. The fourth-order valence-corrected chi connectivity index (χ4v) is 2.12. The second kappa shape index (κ2) is 7.53. The highest BCUT2D eigenvalue weighted by molar-refractivity contribution is 5.47. The predicted octanol–water partition coefficient (Wildman–Crippen LogP) is 4.99. The van der Waals surface area contributed by atoms with E-state index >= 15 is 0 Å². The second-order valence-corrected chi connectivity index (χ2v) is 5.34. The molecular formula is C19H23NO. The van der Waals surface area contributed by atoms with Crippen LogP contribution < -0.4 is 10.1 Å². The van der Waals surface area contributed by atoms with Gasteiger partial charge < -0.3 is 10.1 Å². The number of hydrogen-bond acceptors (Lipinski definition) is 2. The quantitative estimate of drug-likeness (QED) is 0.722. The highest BCUT2D eigenvalue weighted by Gasteiger charge is 2.03. The van der Waals surface area contributed by atoms with E-state index in [2.05, 4.69) is 56.1 Å². The maximum atomic E-state index is 5.67. The van der Waals surface area contributed by atoms with Crippen LogP contribution in [0.25, 0.3) is 0 Å². The van der Waals surface area contributed by atoms with Gasteiger partial charge in [-0.3, -0.25) is 0 Å². The first-order chi connectivity index (χ1) is 10.2. The molecule has 2 aromatic carbocycles. The Morgan fingerprint density at radius 2 is 1.81 bits per heavy atom. The smallest absolute Gasteiger partial charge is 0.124 e. The van der Waals surface area contributed by atoms with E-state index in [4.69, 9.17) is 4.74 Å². The molecule has 0 bridgehead atoms. The molecule has 110 valence electrons. The van der Waals surface area contributed by atoms with Crippen molar-refractivity contribution in [3.05, 3.63) is 72.3 Å². The van der Waals surface area contributed by atoms with Gasteiger partial charge in [-0.1, -0.05) is 56.8 Å². The zero-order chi connectivity index (χ0) is 15.1. The van der Waals surface area contributed by atoms with E-state index in [1.54, 1.807) is 6.08 Å². The van der Waals surface area contributed by atoms with Crippen LogP contribution in [-0.2, 0) is 6.54 Å². The summed E-state index contributed by atoms with van der Waals surface area (Å²) in [6.45, 7) is 9.36. The zero-order valence-corrected chi connectivity index (χ0v) is 12.8. The summed E-state index contributed by atoms with van der Waals surface area (Å²) in [4.78, 5) is 0. The van der Waals surface area contributed by atoms with Crippen LogP contribution >= 0.6 is 0 Å². The van der Waals surface area contributed by atoms with E-state index in [1.165, 1.54) is 5.56 Å². The fraction of sp³-hybridized carbons (Fsp3) is 0.263. The van der Waals surface area contributed by atoms with Gasteiger partial charge in [0.1, 0.15) is 12.4 Å². The van der Waals surface area contributed by atoms with Gasteiger partial charge in [-0.2, -0.15) is 0 Å². The molecule has 0 heterocycles. The number of nitrogens with one attached hydrogen (secondary N) is 1. The minimum atomic E-state index is 0.528. The molecule has 1 N–H and O–H groups in total. The van der Waals surface area contributed by atoms with Gasteiger partial charge in [-0.25, -0.2) is 0 Å². The molecular weight excluding hydrogens is 258 g/mol. The van der Waals surface area contributed by atoms with Crippen LogP contribution in [0.3, 0.4) is 0 Å². The van der Waals surface area contributed by atoms with Crippen LogP contribution in [0.2, 0.25) is 0 Å². The van der Waals surface area contributed by atoms with E-state index in [0.29, 0.717) is 12.5 Å². The molecule has 0 aliphatic heterocycles. The van der Waals surface area contributed by atoms with E-state index in [9.17, 15) is 0 Å². The lowest BCUT2D eigenvalue weighted by molar-refractivity contribution is 0.359. The van der Waals surface area contributed by atoms with Crippen molar-refractivity contribution < 1.29 is 4.74 Å². The minimum absolute atomic E-state index is 0.528. The molecule has 0 saturated carbocycles. The highest BCUT2D eigenvalue weighted by Crippen LogP contribution is 2.21. The SMILES string of the molecule is C=CCOc1ccccc1CNc1ccc(C(C)C)cc1. The predicted molar refractivity (Wildman–Crippen MR) is 90.0 cm³/mol. The molecule has 0 amide bonds. The lowest BCUT2D eigenvalue weighted by Gasteiger charge is -2.12. The van der Waals surface area contributed by atoms with Crippen molar-refractivity contribution >= 4 is 5.69 Å². The van der Waals surface area contributed by atoms with E-state index in [-0.39, 0.29) is 0 Å². The number of hydrogen-bond donors (Lipinski definition) is 1. The molecule has 0 aromatic heterocycles. The lowest BCUT2D eigenvalue weighted by atomic mass is 10.0. The molecule has 21 heavy (non-hydrogen) atoms. The molecule has 0 unspecified atom stereocenters. The van der Waals surface area contributed by atoms with Gasteiger partial charge in [0.05, 0.1) is 0 Å². The molecule has 0 aliphatic rings. The van der Waals surface area contributed by atoms with Crippen molar-refractivity contribution in [2.75, 3.05) is 11.9 Å². The average Bonchev–Trinajstić information content (AvgIpc) is 2.52. The molecule has 2 aromatic rings. The van der Waals surface area contributed by atoms with Crippen molar-refractivity contribution in [3.8, 4) is 5.75 Å². The first kappa shape index (κ1) is 15.2. The molecule has 2 rings (SSSR count). The maximum Gasteiger partial charge on any atom is 0.124 e. The molecule has 2 heteroatoms. The first-order valence-corrected chi connectivity index (χ1v) is 7.36. The highest BCUT2D eigenvalue weighted by atomic mass is 16.5. The number of para-hydroxylation sites is 1. The molecule has 0 saturated heterocycles. The van der Waals surface area contributed by atoms with Crippen LogP contribution in [0.4, 0.5) is 5.69 Å². The van der Waals surface area contributed by atoms with E-state index < -0.39 is 0 Å². The van der Waals surface area contributed by atoms with Gasteiger partial charge >= 0.3 is 0 Å². The standard InChI is InChI=1S/C19H23NO/c1-4-13-21-19-8-6-5-7-17(19)14-20-18-11-9-16(10-12-18)15(2)3/h4-12,15,20H,1,13-14H2,2-3H3. The first-order valence-electron chi connectivity index (χ1n) is 7.36. The third-order valence-electron chi connectivity index (χ3n) is 3.39. The van der Waals surface area contributed by atoms with Crippen LogP contribution in [-0.4, -0.2) is 6.61 Å². The number of benzene rings is 2. The third kappa shape index (κ3) is 4.38. The van der Waals surface area contributed by atoms with Crippen molar-refractivity contribution in [1.82, 2.24) is 0 Å². The molecule has 0 spiro atoms. The summed E-state index contributed by atoms with van der Waals surface area (Å²) >= 11 is 0. The summed E-state index contributed by atoms with van der Waals surface area (Å²) in [5, 5.41) is 3.44. The Labute approximate surface area is 127 Å². The van der Waals surface area contributed by atoms with Gasteiger partial charge in [0, 0.05) is 17.8 Å². The Kier molecular flexibility index (Phi) is 5.44. The Bertz CT molecular complexity index is 572. The van der Waals surface area contributed by atoms with Gasteiger partial charge in [0.25, 0.3) is 0 Å². The van der Waals surface area contributed by atoms with Crippen molar-refractivity contribution in [2.45, 2.75) is 26.3 Å². The average molecular weight is 281 g/mol. The normalized spacial score (nSPS) is 10.4. The molecule has 2 nitrogen and oxygen atoms in total. The largest absolute Gasteiger partial charge is 0.489 e. The topological polar surface area (TPSA) is 21.3 Å². The molecule has 0 fully saturated rings. The number of anilines is 1. The van der Waals surface area contributed by atoms with Gasteiger partial charge in [0.2, 0.25) is 0 Å². The van der Waals surface area contributed by atoms with E-state index in [1.807, 2.05) is 18.2 Å². The summed E-state index contributed by atoms with van der Waals surface area (Å²) in [6.07, 6.45) is 1.76. The second-order valence-electron chi connectivity index (χ2n) is 5.34. The molecule has 0 aliphatic carbocycles. The summed E-state index contributed by atoms with van der Waals surface area (Å²) in [5.41, 5.74) is 3.63. The Balaban J connectivity index is 2.00. The third-order valence-corrected chi connectivity index (χ3v) is 3.39. The fourth-order valence-electron chi connectivity index (χ4n) is 2.12. The Morgan fingerprint density at radius 3 is 2.48 bits per heavy atom. The lowest BCUT2D eigenvalue weighted by Crippen LogP contribution is -2.03. The number of rotatable bonds is 7. The van der Waals surface area contributed by atoms with Crippen LogP contribution in [0.5, 0.6) is 5.75 Å². The molecule has 0 radical (unpaired) electrons. The Hall–Kier alpha value is -2.22. The summed E-state index contributed by atoms with van der Waals surface area (Å²) in [7, 11) is 0. The number of ether oxygens (including phenoxy) is 1. The van der Waals surface area contributed by atoms with Crippen molar-refractivity contribution in [3.63, 3.8) is 0 Å². The van der Waals surface area contributed by atoms with Crippen LogP contribution in [0.15, 0.2) is 61.2 Å². The summed E-state index contributed by atoms with van der Waals surface area (Å²) in [6, 6.07) is 16.7. The maximum absolute atomic E-state index is 5.67. The van der Waals surface area contributed by atoms with Crippen LogP contribution in [0, 0.1) is 0 Å². The van der Waals surface area contributed by atoms with Crippen LogP contribution in [0.1, 0.15) is 30.9 Å². The zero-order valence-electron chi connectivity index (χ0n) is 12.8. The van der Waals surface area contributed by atoms with E-state index in [0.717, 1.165) is 23.5 Å². The Morgan fingerprint density at radius 1 is 1.10 bits per heavy atom. The van der Waals surface area contributed by atoms with Crippen molar-refractivity contribution in [2.24, 2.45) is 0 Å². The van der Waals surface area contributed by atoms with Gasteiger partial charge in [-0.05, 0) is 29.7 Å².